The van der Waals surface area contributed by atoms with Crippen molar-refractivity contribution < 1.29 is 24.5 Å². The second kappa shape index (κ2) is 10.8. The fourth-order valence-corrected chi connectivity index (χ4v) is 2.58. The van der Waals surface area contributed by atoms with E-state index in [1.54, 1.807) is 18.2 Å². The van der Waals surface area contributed by atoms with Gasteiger partial charge in [-0.05, 0) is 48.2 Å². The van der Waals surface area contributed by atoms with Crippen molar-refractivity contribution in [2.45, 2.75) is 26.2 Å². The molecule has 2 aromatic carbocycles. The van der Waals surface area contributed by atoms with E-state index in [4.69, 9.17) is 14.6 Å². The number of benzene rings is 2. The van der Waals surface area contributed by atoms with Crippen molar-refractivity contribution in [2.24, 2.45) is 0 Å². The van der Waals surface area contributed by atoms with Crippen molar-refractivity contribution in [3.05, 3.63) is 65.2 Å². The average molecular weight is 382 g/mol. The summed E-state index contributed by atoms with van der Waals surface area (Å²) in [5.41, 5.74) is 2.71. The van der Waals surface area contributed by atoms with E-state index in [1.165, 1.54) is 7.11 Å². The van der Waals surface area contributed by atoms with Gasteiger partial charge in [0.25, 0.3) is 0 Å². The first kappa shape index (κ1) is 21.1. The second-order valence-electron chi connectivity index (χ2n) is 6.28. The molecular weight excluding hydrogens is 356 g/mol. The number of allylic oxidation sites excluding steroid dienone is 1. The van der Waals surface area contributed by atoms with E-state index < -0.39 is 5.97 Å². The number of rotatable bonds is 10. The molecule has 2 aromatic rings. The number of phenolic OH excluding ortho intramolecular Hbond substituents is 1. The summed E-state index contributed by atoms with van der Waals surface area (Å²) >= 11 is 0. The Bertz CT molecular complexity index is 852. The third-order valence-electron chi connectivity index (χ3n) is 4.11. The predicted octanol–water partition coefficient (Wildman–Crippen LogP) is 4.93. The third kappa shape index (κ3) is 6.50. The van der Waals surface area contributed by atoms with Crippen LogP contribution in [0.2, 0.25) is 0 Å². The van der Waals surface area contributed by atoms with Crippen LogP contribution in [-0.4, -0.2) is 29.9 Å². The highest BCUT2D eigenvalue weighted by molar-refractivity contribution is 5.85. The Morgan fingerprint density at radius 3 is 2.64 bits per heavy atom. The molecule has 0 saturated carbocycles. The van der Waals surface area contributed by atoms with E-state index in [0.717, 1.165) is 41.4 Å². The average Bonchev–Trinajstić information content (AvgIpc) is 2.69. The van der Waals surface area contributed by atoms with E-state index >= 15 is 0 Å². The Balaban J connectivity index is 2.17. The maximum atomic E-state index is 10.7. The highest BCUT2D eigenvalue weighted by atomic mass is 16.5. The molecular formula is C23H26O5. The SMILES string of the molecule is CCCCOc1cc(C=CC(=O)O)ccc1C=CCc1ccc(O)c(OC)c1. The quantitative estimate of drug-likeness (QED) is 0.450. The van der Waals surface area contributed by atoms with Crippen LogP contribution in [0.5, 0.6) is 17.2 Å². The number of carboxylic acids is 1. The highest BCUT2D eigenvalue weighted by Gasteiger charge is 2.04. The van der Waals surface area contributed by atoms with Crippen LogP contribution < -0.4 is 9.47 Å². The first-order chi connectivity index (χ1) is 13.5. The van der Waals surface area contributed by atoms with Gasteiger partial charge in [-0.1, -0.05) is 43.7 Å². The van der Waals surface area contributed by atoms with Gasteiger partial charge in [0.1, 0.15) is 5.75 Å². The normalized spacial score (nSPS) is 11.2. The molecule has 0 saturated heterocycles. The maximum absolute atomic E-state index is 10.7. The molecule has 0 heterocycles. The molecule has 0 radical (unpaired) electrons. The van der Waals surface area contributed by atoms with Gasteiger partial charge in [0.05, 0.1) is 13.7 Å². The van der Waals surface area contributed by atoms with Crippen LogP contribution >= 0.6 is 0 Å². The molecule has 2 N–H and O–H groups in total. The monoisotopic (exact) mass is 382 g/mol. The number of carbonyl (C=O) groups is 1. The molecule has 0 aromatic heterocycles. The highest BCUT2D eigenvalue weighted by Crippen LogP contribution is 2.27. The summed E-state index contributed by atoms with van der Waals surface area (Å²) in [6, 6.07) is 10.9. The molecule has 0 unspecified atom stereocenters. The van der Waals surface area contributed by atoms with Crippen LogP contribution in [0.4, 0.5) is 0 Å². The van der Waals surface area contributed by atoms with Crippen LogP contribution in [0.3, 0.4) is 0 Å². The minimum atomic E-state index is -0.984. The second-order valence-corrected chi connectivity index (χ2v) is 6.28. The van der Waals surface area contributed by atoms with Crippen LogP contribution in [-0.2, 0) is 11.2 Å². The molecule has 5 nitrogen and oxygen atoms in total. The zero-order chi connectivity index (χ0) is 20.4. The third-order valence-corrected chi connectivity index (χ3v) is 4.11. The zero-order valence-corrected chi connectivity index (χ0v) is 16.2. The van der Waals surface area contributed by atoms with E-state index in [9.17, 15) is 9.90 Å². The first-order valence-corrected chi connectivity index (χ1v) is 9.23. The van der Waals surface area contributed by atoms with Gasteiger partial charge in [-0.3, -0.25) is 0 Å². The summed E-state index contributed by atoms with van der Waals surface area (Å²) in [7, 11) is 1.52. The van der Waals surface area contributed by atoms with E-state index in [0.29, 0.717) is 18.8 Å². The van der Waals surface area contributed by atoms with Crippen LogP contribution in [0.15, 0.2) is 48.6 Å². The summed E-state index contributed by atoms with van der Waals surface area (Å²) in [5, 5.41) is 18.5. The number of ether oxygens (including phenoxy) is 2. The van der Waals surface area contributed by atoms with Gasteiger partial charge >= 0.3 is 5.97 Å². The van der Waals surface area contributed by atoms with Crippen LogP contribution in [0.25, 0.3) is 12.2 Å². The molecule has 0 fully saturated rings. The Labute approximate surface area is 165 Å². The lowest BCUT2D eigenvalue weighted by Gasteiger charge is -2.10. The predicted molar refractivity (Wildman–Crippen MR) is 111 cm³/mol. The number of aliphatic carboxylic acids is 1. The number of aromatic hydroxyl groups is 1. The summed E-state index contributed by atoms with van der Waals surface area (Å²) in [5.74, 6) is 0.304. The fraction of sp³-hybridized carbons (Fsp3) is 0.261. The Morgan fingerprint density at radius 1 is 1.11 bits per heavy atom. The minimum Gasteiger partial charge on any atom is -0.504 e. The van der Waals surface area contributed by atoms with Crippen molar-refractivity contribution >= 4 is 18.1 Å². The number of phenols is 1. The van der Waals surface area contributed by atoms with Crippen molar-refractivity contribution in [1.29, 1.82) is 0 Å². The minimum absolute atomic E-state index is 0.117. The molecule has 0 aliphatic carbocycles. The lowest BCUT2D eigenvalue weighted by molar-refractivity contribution is -0.131. The standard InChI is InChI=1S/C23H26O5/c1-3-4-14-28-21-15-18(10-13-23(25)26)8-11-19(21)7-5-6-17-9-12-20(24)22(16-17)27-2/h5,7-13,15-16,24H,3-4,6,14H2,1-2H3,(H,25,26). The fourth-order valence-electron chi connectivity index (χ4n) is 2.58. The molecule has 0 spiro atoms. The van der Waals surface area contributed by atoms with Crippen molar-refractivity contribution in [3.8, 4) is 17.2 Å². The van der Waals surface area contributed by atoms with Gasteiger partial charge in [0.2, 0.25) is 0 Å². The molecule has 2 rings (SSSR count). The lowest BCUT2D eigenvalue weighted by Crippen LogP contribution is -1.98. The molecule has 5 heteroatoms. The number of methoxy groups -OCH3 is 1. The van der Waals surface area contributed by atoms with E-state index in [2.05, 4.69) is 6.92 Å². The first-order valence-electron chi connectivity index (χ1n) is 9.23. The van der Waals surface area contributed by atoms with Gasteiger partial charge < -0.3 is 19.7 Å². The van der Waals surface area contributed by atoms with Gasteiger partial charge in [-0.2, -0.15) is 0 Å². The van der Waals surface area contributed by atoms with Crippen molar-refractivity contribution in [3.63, 3.8) is 0 Å². The summed E-state index contributed by atoms with van der Waals surface area (Å²) < 4.78 is 11.0. The lowest BCUT2D eigenvalue weighted by atomic mass is 10.1. The van der Waals surface area contributed by atoms with Crippen molar-refractivity contribution in [1.82, 2.24) is 0 Å². The molecule has 0 aliphatic rings. The maximum Gasteiger partial charge on any atom is 0.328 e. The number of carboxylic acid groups (broad SMARTS) is 1. The molecule has 0 amide bonds. The largest absolute Gasteiger partial charge is 0.504 e. The van der Waals surface area contributed by atoms with Gasteiger partial charge in [-0.15, -0.1) is 0 Å². The Hall–Kier alpha value is -3.21. The zero-order valence-electron chi connectivity index (χ0n) is 16.2. The molecule has 0 aliphatic heterocycles. The van der Waals surface area contributed by atoms with Gasteiger partial charge in [0.15, 0.2) is 11.5 Å². The van der Waals surface area contributed by atoms with Crippen molar-refractivity contribution in [2.75, 3.05) is 13.7 Å². The van der Waals surface area contributed by atoms with Gasteiger partial charge in [-0.25, -0.2) is 4.79 Å². The number of hydrogen-bond acceptors (Lipinski definition) is 4. The number of unbranched alkanes of at least 4 members (excludes halogenated alkanes) is 1. The Kier molecular flexibility index (Phi) is 8.15. The van der Waals surface area contributed by atoms with Crippen LogP contribution in [0, 0.1) is 0 Å². The summed E-state index contributed by atoms with van der Waals surface area (Å²) in [4.78, 5) is 10.7. The van der Waals surface area contributed by atoms with Crippen LogP contribution in [0.1, 0.15) is 36.5 Å². The summed E-state index contributed by atoms with van der Waals surface area (Å²) in [6.07, 6.45) is 9.31. The van der Waals surface area contributed by atoms with E-state index in [1.807, 2.05) is 36.4 Å². The Morgan fingerprint density at radius 2 is 1.93 bits per heavy atom. The molecule has 148 valence electrons. The summed E-state index contributed by atoms with van der Waals surface area (Å²) in [6.45, 7) is 2.71. The van der Waals surface area contributed by atoms with E-state index in [-0.39, 0.29) is 5.75 Å². The van der Waals surface area contributed by atoms with Gasteiger partial charge in [0, 0.05) is 11.6 Å². The number of hydrogen-bond donors (Lipinski definition) is 2. The smallest absolute Gasteiger partial charge is 0.328 e. The molecule has 28 heavy (non-hydrogen) atoms. The molecule has 0 atom stereocenters. The molecule has 0 bridgehead atoms. The topological polar surface area (TPSA) is 76.0 Å².